The summed E-state index contributed by atoms with van der Waals surface area (Å²) in [6, 6.07) is 10.2. The molecule has 0 aliphatic carbocycles. The third kappa shape index (κ3) is 3.88. The van der Waals surface area contributed by atoms with Crippen LogP contribution in [0.4, 0.5) is 0 Å². The lowest BCUT2D eigenvalue weighted by Crippen LogP contribution is -2.45. The zero-order valence-electron chi connectivity index (χ0n) is 16.1. The fraction of sp³-hybridized carbons (Fsp3) is 0.636. The number of rotatable bonds is 4. The van der Waals surface area contributed by atoms with Gasteiger partial charge in [0, 0.05) is 51.2 Å². The predicted molar refractivity (Wildman–Crippen MR) is 103 cm³/mol. The van der Waals surface area contributed by atoms with Crippen molar-refractivity contribution in [2.45, 2.75) is 38.5 Å². The van der Waals surface area contributed by atoms with E-state index in [1.165, 1.54) is 5.56 Å². The lowest BCUT2D eigenvalue weighted by Gasteiger charge is -2.38. The third-order valence-corrected chi connectivity index (χ3v) is 6.68. The largest absolute Gasteiger partial charge is 0.381 e. The van der Waals surface area contributed by atoms with Crippen LogP contribution < -0.4 is 0 Å². The topological polar surface area (TPSA) is 49.9 Å². The molecule has 3 heterocycles. The van der Waals surface area contributed by atoms with Gasteiger partial charge in [-0.3, -0.25) is 9.59 Å². The van der Waals surface area contributed by atoms with E-state index in [2.05, 4.69) is 12.1 Å². The van der Waals surface area contributed by atoms with Crippen molar-refractivity contribution < 1.29 is 14.3 Å². The van der Waals surface area contributed by atoms with Crippen LogP contribution in [0.25, 0.3) is 0 Å². The highest BCUT2D eigenvalue weighted by Crippen LogP contribution is 2.45. The number of hydrogen-bond donors (Lipinski definition) is 0. The number of likely N-dealkylation sites (tertiary alicyclic amines) is 2. The molecule has 0 saturated carbocycles. The molecule has 5 heteroatoms. The summed E-state index contributed by atoms with van der Waals surface area (Å²) in [4.78, 5) is 30.1. The van der Waals surface area contributed by atoms with Crippen LogP contribution in [-0.4, -0.2) is 61.0 Å². The predicted octanol–water partition coefficient (Wildman–Crippen LogP) is 2.50. The van der Waals surface area contributed by atoms with Gasteiger partial charge in [0.2, 0.25) is 11.8 Å². The van der Waals surface area contributed by atoms with Crippen molar-refractivity contribution in [3.63, 3.8) is 0 Å². The third-order valence-electron chi connectivity index (χ3n) is 6.68. The van der Waals surface area contributed by atoms with Crippen LogP contribution in [0, 0.1) is 11.3 Å². The van der Waals surface area contributed by atoms with Gasteiger partial charge in [0.25, 0.3) is 0 Å². The molecule has 1 spiro atoms. The Balaban J connectivity index is 1.44. The molecule has 0 aromatic heterocycles. The Morgan fingerprint density at radius 3 is 2.44 bits per heavy atom. The standard InChI is InChI=1S/C22H30N2O3/c25-20(9-8-18-6-2-1-3-7-18)24-16-19(21(26)23-12-4-5-13-23)22(17-24)10-14-27-15-11-22/h1-3,6-7,19H,4-5,8-17H2/t19-/m0/s1. The molecule has 5 nitrogen and oxygen atoms in total. The normalized spacial score (nSPS) is 24.5. The average molecular weight is 370 g/mol. The summed E-state index contributed by atoms with van der Waals surface area (Å²) in [7, 11) is 0. The van der Waals surface area contributed by atoms with Crippen LogP contribution in [0.5, 0.6) is 0 Å². The fourth-order valence-corrected chi connectivity index (χ4v) is 5.00. The Labute approximate surface area is 161 Å². The van der Waals surface area contributed by atoms with E-state index in [4.69, 9.17) is 4.74 Å². The number of aryl methyl sites for hydroxylation is 1. The van der Waals surface area contributed by atoms with Gasteiger partial charge in [0.15, 0.2) is 0 Å². The summed E-state index contributed by atoms with van der Waals surface area (Å²) >= 11 is 0. The van der Waals surface area contributed by atoms with Gasteiger partial charge in [0.1, 0.15) is 0 Å². The molecule has 1 aromatic carbocycles. The molecule has 0 radical (unpaired) electrons. The molecule has 2 amide bonds. The molecule has 3 saturated heterocycles. The van der Waals surface area contributed by atoms with Crippen LogP contribution in [0.15, 0.2) is 30.3 Å². The number of carbonyl (C=O) groups excluding carboxylic acids is 2. The number of benzene rings is 1. The van der Waals surface area contributed by atoms with E-state index in [-0.39, 0.29) is 23.1 Å². The Bertz CT molecular complexity index is 663. The van der Waals surface area contributed by atoms with E-state index in [1.54, 1.807) is 0 Å². The maximum Gasteiger partial charge on any atom is 0.228 e. The smallest absolute Gasteiger partial charge is 0.228 e. The molecule has 0 unspecified atom stereocenters. The van der Waals surface area contributed by atoms with Crippen LogP contribution in [0.3, 0.4) is 0 Å². The molecule has 27 heavy (non-hydrogen) atoms. The summed E-state index contributed by atoms with van der Waals surface area (Å²) < 4.78 is 5.58. The van der Waals surface area contributed by atoms with Gasteiger partial charge < -0.3 is 14.5 Å². The van der Waals surface area contributed by atoms with E-state index < -0.39 is 0 Å². The van der Waals surface area contributed by atoms with Crippen molar-refractivity contribution in [1.29, 1.82) is 0 Å². The minimum Gasteiger partial charge on any atom is -0.381 e. The first-order chi connectivity index (χ1) is 13.2. The van der Waals surface area contributed by atoms with Crippen LogP contribution in [-0.2, 0) is 20.7 Å². The molecule has 3 aliphatic rings. The maximum absolute atomic E-state index is 13.2. The number of hydrogen-bond acceptors (Lipinski definition) is 3. The first-order valence-corrected chi connectivity index (χ1v) is 10.4. The van der Waals surface area contributed by atoms with Gasteiger partial charge in [-0.15, -0.1) is 0 Å². The fourth-order valence-electron chi connectivity index (χ4n) is 5.00. The molecule has 0 N–H and O–H groups in total. The summed E-state index contributed by atoms with van der Waals surface area (Å²) in [5.74, 6) is 0.398. The van der Waals surface area contributed by atoms with E-state index in [0.717, 1.165) is 45.2 Å². The van der Waals surface area contributed by atoms with Crippen LogP contribution >= 0.6 is 0 Å². The average Bonchev–Trinajstić information content (AvgIpc) is 3.36. The monoisotopic (exact) mass is 370 g/mol. The highest BCUT2D eigenvalue weighted by Gasteiger charge is 2.52. The Hall–Kier alpha value is -1.88. The first-order valence-electron chi connectivity index (χ1n) is 10.4. The van der Waals surface area contributed by atoms with Crippen molar-refractivity contribution in [2.75, 3.05) is 39.4 Å². The highest BCUT2D eigenvalue weighted by atomic mass is 16.5. The van der Waals surface area contributed by atoms with Gasteiger partial charge in [0.05, 0.1) is 5.92 Å². The summed E-state index contributed by atoms with van der Waals surface area (Å²) in [6.45, 7) is 4.47. The van der Waals surface area contributed by atoms with Crippen molar-refractivity contribution >= 4 is 11.8 Å². The lowest BCUT2D eigenvalue weighted by molar-refractivity contribution is -0.139. The van der Waals surface area contributed by atoms with Gasteiger partial charge >= 0.3 is 0 Å². The van der Waals surface area contributed by atoms with Crippen molar-refractivity contribution in [1.82, 2.24) is 9.80 Å². The van der Waals surface area contributed by atoms with Crippen LogP contribution in [0.1, 0.15) is 37.7 Å². The number of amides is 2. The van der Waals surface area contributed by atoms with E-state index in [9.17, 15) is 9.59 Å². The van der Waals surface area contributed by atoms with Crippen molar-refractivity contribution in [3.8, 4) is 0 Å². The van der Waals surface area contributed by atoms with Gasteiger partial charge in [-0.05, 0) is 37.7 Å². The second-order valence-corrected chi connectivity index (χ2v) is 8.32. The zero-order valence-corrected chi connectivity index (χ0v) is 16.1. The minimum absolute atomic E-state index is 0.0554. The number of ether oxygens (including phenoxy) is 1. The van der Waals surface area contributed by atoms with Crippen LogP contribution in [0.2, 0.25) is 0 Å². The van der Waals surface area contributed by atoms with Crippen molar-refractivity contribution in [2.24, 2.45) is 11.3 Å². The van der Waals surface area contributed by atoms with Gasteiger partial charge in [-0.2, -0.15) is 0 Å². The first kappa shape index (κ1) is 18.5. The van der Waals surface area contributed by atoms with Crippen molar-refractivity contribution in [3.05, 3.63) is 35.9 Å². The molecular formula is C22H30N2O3. The maximum atomic E-state index is 13.2. The SMILES string of the molecule is O=C(CCc1ccccc1)N1C[C@@H](C(=O)N2CCCC2)C2(CCOCC2)C1. The highest BCUT2D eigenvalue weighted by molar-refractivity contribution is 5.83. The van der Waals surface area contributed by atoms with E-state index in [0.29, 0.717) is 32.7 Å². The Morgan fingerprint density at radius 1 is 1.04 bits per heavy atom. The van der Waals surface area contributed by atoms with Gasteiger partial charge in [-0.1, -0.05) is 30.3 Å². The molecule has 3 aliphatic heterocycles. The second-order valence-electron chi connectivity index (χ2n) is 8.32. The second kappa shape index (κ2) is 8.01. The minimum atomic E-state index is -0.0830. The number of nitrogens with zero attached hydrogens (tertiary/aromatic N) is 2. The molecular weight excluding hydrogens is 340 g/mol. The Morgan fingerprint density at radius 2 is 1.74 bits per heavy atom. The van der Waals surface area contributed by atoms with E-state index in [1.807, 2.05) is 28.0 Å². The van der Waals surface area contributed by atoms with Gasteiger partial charge in [-0.25, -0.2) is 0 Å². The zero-order chi connectivity index (χ0) is 18.7. The molecule has 3 fully saturated rings. The molecule has 4 rings (SSSR count). The molecule has 1 aromatic rings. The molecule has 1 atom stereocenters. The molecule has 0 bridgehead atoms. The summed E-state index contributed by atoms with van der Waals surface area (Å²) in [6.07, 6.45) is 5.26. The molecule has 146 valence electrons. The summed E-state index contributed by atoms with van der Waals surface area (Å²) in [5, 5.41) is 0. The summed E-state index contributed by atoms with van der Waals surface area (Å²) in [5.41, 5.74) is 1.11. The Kier molecular flexibility index (Phi) is 5.48. The number of carbonyl (C=O) groups is 2. The quantitative estimate of drug-likeness (QED) is 0.818. The van der Waals surface area contributed by atoms with E-state index >= 15 is 0 Å². The lowest BCUT2D eigenvalue weighted by atomic mass is 9.71.